The molecule has 4 aliphatic rings. The highest BCUT2D eigenvalue weighted by Crippen LogP contribution is 2.65. The van der Waals surface area contributed by atoms with Crippen LogP contribution in [0.2, 0.25) is 0 Å². The van der Waals surface area contributed by atoms with Gasteiger partial charge in [0, 0.05) is 12.3 Å². The monoisotopic (exact) mass is 375 g/mol. The van der Waals surface area contributed by atoms with Gasteiger partial charge < -0.3 is 10.4 Å². The molecule has 0 saturated heterocycles. The molecule has 3 saturated carbocycles. The van der Waals surface area contributed by atoms with Crippen molar-refractivity contribution < 1.29 is 23.5 Å². The average molecular weight is 375 g/mol. The Hall–Kier alpha value is -2.48. The van der Waals surface area contributed by atoms with E-state index in [2.05, 4.69) is 10.7 Å². The maximum absolute atomic E-state index is 14.1. The number of halogens is 2. The normalized spacial score (nSPS) is 31.8. The molecule has 0 aromatic heterocycles. The van der Waals surface area contributed by atoms with E-state index in [1.807, 2.05) is 0 Å². The second-order valence-corrected chi connectivity index (χ2v) is 7.92. The molecule has 5 atom stereocenters. The molecule has 0 spiro atoms. The lowest BCUT2D eigenvalue weighted by Gasteiger charge is -2.21. The molecule has 0 bridgehead atoms. The number of aliphatic carboxylic acids is 1. The van der Waals surface area contributed by atoms with Crippen LogP contribution >= 0.6 is 0 Å². The highest BCUT2D eigenvalue weighted by molar-refractivity contribution is 5.83. The van der Waals surface area contributed by atoms with Gasteiger partial charge in [0.1, 0.15) is 17.7 Å². The lowest BCUT2D eigenvalue weighted by molar-refractivity contribution is -0.139. The fourth-order valence-corrected chi connectivity index (χ4v) is 4.76. The molecule has 142 valence electrons. The van der Waals surface area contributed by atoms with Crippen molar-refractivity contribution in [3.05, 3.63) is 47.2 Å². The van der Waals surface area contributed by atoms with E-state index in [4.69, 9.17) is 0 Å². The summed E-state index contributed by atoms with van der Waals surface area (Å²) < 4.78 is 27.2. The van der Waals surface area contributed by atoms with E-state index < -0.39 is 29.7 Å². The van der Waals surface area contributed by atoms with Crippen molar-refractivity contribution in [3.8, 4) is 0 Å². The van der Waals surface area contributed by atoms with E-state index in [1.165, 1.54) is 17.1 Å². The quantitative estimate of drug-likeness (QED) is 0.755. The summed E-state index contributed by atoms with van der Waals surface area (Å²) in [5.41, 5.74) is 4.71. The van der Waals surface area contributed by atoms with Gasteiger partial charge in [0.2, 0.25) is 0 Å². The number of hydrogen-bond acceptors (Lipinski definition) is 3. The van der Waals surface area contributed by atoms with Crippen molar-refractivity contribution in [1.82, 2.24) is 15.8 Å². The number of hydrazine groups is 1. The standard InChI is InChI=1S/C19H19F2N3O3/c20-10-3-4-11(13(21)6-10)14-12-5-9-7-24(23-16(9)15(12)14)19(27)22-17(18(25)26)8-1-2-8/h3-4,6-8,12,14-17,23H,1-2,5H2,(H,22,27)(H,25,26)/t12-,14?,15-,16?,17?/m1/s1. The second kappa shape index (κ2) is 5.76. The lowest BCUT2D eigenvalue weighted by Crippen LogP contribution is -2.51. The Labute approximate surface area is 154 Å². The highest BCUT2D eigenvalue weighted by Gasteiger charge is 2.62. The van der Waals surface area contributed by atoms with E-state index >= 15 is 0 Å². The minimum atomic E-state index is -1.02. The van der Waals surface area contributed by atoms with Crippen molar-refractivity contribution in [2.45, 2.75) is 37.3 Å². The number of carboxylic acids is 1. The molecule has 8 heteroatoms. The van der Waals surface area contributed by atoms with Gasteiger partial charge in [-0.05, 0) is 60.1 Å². The first-order chi connectivity index (χ1) is 12.9. The number of urea groups is 1. The molecule has 6 nitrogen and oxygen atoms in total. The summed E-state index contributed by atoms with van der Waals surface area (Å²) in [5, 5.41) is 13.1. The van der Waals surface area contributed by atoms with Crippen LogP contribution in [0.3, 0.4) is 0 Å². The SMILES string of the molecule is O=C(O)C(NC(=O)N1C=C2C[C@@H]3C(c4ccc(F)cc4F)[C@@H]3C2N1)C1CC1. The molecule has 27 heavy (non-hydrogen) atoms. The Morgan fingerprint density at radius 3 is 2.74 bits per heavy atom. The zero-order valence-corrected chi connectivity index (χ0v) is 14.4. The Morgan fingerprint density at radius 1 is 1.30 bits per heavy atom. The first kappa shape index (κ1) is 16.7. The zero-order chi connectivity index (χ0) is 18.9. The predicted octanol–water partition coefficient (Wildman–Crippen LogP) is 2.34. The molecule has 3 N–H and O–H groups in total. The van der Waals surface area contributed by atoms with Crippen LogP contribution in [0.1, 0.15) is 30.7 Å². The molecule has 1 heterocycles. The minimum Gasteiger partial charge on any atom is -0.480 e. The molecule has 3 fully saturated rings. The molecular formula is C19H19F2N3O3. The largest absolute Gasteiger partial charge is 0.480 e. The zero-order valence-electron chi connectivity index (χ0n) is 14.4. The van der Waals surface area contributed by atoms with Gasteiger partial charge in [0.05, 0.1) is 6.04 Å². The molecule has 3 unspecified atom stereocenters. The van der Waals surface area contributed by atoms with E-state index in [0.29, 0.717) is 5.56 Å². The van der Waals surface area contributed by atoms with Crippen LogP contribution in [0.5, 0.6) is 0 Å². The smallest absolute Gasteiger partial charge is 0.336 e. The molecule has 1 aromatic carbocycles. The van der Waals surface area contributed by atoms with Gasteiger partial charge >= 0.3 is 12.0 Å². The summed E-state index contributed by atoms with van der Waals surface area (Å²) in [6.45, 7) is 0. The maximum atomic E-state index is 14.1. The summed E-state index contributed by atoms with van der Waals surface area (Å²) in [5.74, 6) is -1.67. The third-order valence-corrected chi connectivity index (χ3v) is 6.24. The fraction of sp³-hybridized carbons (Fsp3) is 0.474. The van der Waals surface area contributed by atoms with Gasteiger partial charge in [0.25, 0.3) is 0 Å². The van der Waals surface area contributed by atoms with Gasteiger partial charge in [-0.2, -0.15) is 0 Å². The van der Waals surface area contributed by atoms with Crippen molar-refractivity contribution >= 4 is 12.0 Å². The second-order valence-electron chi connectivity index (χ2n) is 7.92. The van der Waals surface area contributed by atoms with Gasteiger partial charge in [0.15, 0.2) is 0 Å². The Bertz CT molecular complexity index is 870. The number of fused-ring (bicyclic) bond motifs is 3. The molecule has 1 aliphatic heterocycles. The van der Waals surface area contributed by atoms with Crippen LogP contribution in [0.25, 0.3) is 0 Å². The number of carbonyl (C=O) groups is 2. The number of amides is 2. The van der Waals surface area contributed by atoms with Crippen LogP contribution in [0.4, 0.5) is 13.6 Å². The van der Waals surface area contributed by atoms with E-state index in [0.717, 1.165) is 30.9 Å². The van der Waals surface area contributed by atoms with Gasteiger partial charge in [-0.15, -0.1) is 0 Å². The first-order valence-corrected chi connectivity index (χ1v) is 9.18. The van der Waals surface area contributed by atoms with Crippen LogP contribution in [0.15, 0.2) is 30.0 Å². The highest BCUT2D eigenvalue weighted by atomic mass is 19.1. The van der Waals surface area contributed by atoms with Gasteiger partial charge in [-0.3, -0.25) is 0 Å². The number of benzene rings is 1. The van der Waals surface area contributed by atoms with Gasteiger partial charge in [-0.25, -0.2) is 28.8 Å². The van der Waals surface area contributed by atoms with E-state index in [1.54, 1.807) is 6.20 Å². The first-order valence-electron chi connectivity index (χ1n) is 9.18. The number of nitrogens with zero attached hydrogens (tertiary/aromatic N) is 1. The molecule has 0 radical (unpaired) electrons. The molecular weight excluding hydrogens is 356 g/mol. The van der Waals surface area contributed by atoms with Crippen molar-refractivity contribution in [1.29, 1.82) is 0 Å². The minimum absolute atomic E-state index is 0.000139. The topological polar surface area (TPSA) is 81.7 Å². The van der Waals surface area contributed by atoms with Crippen LogP contribution in [0, 0.1) is 29.4 Å². The predicted molar refractivity (Wildman–Crippen MR) is 90.2 cm³/mol. The van der Waals surface area contributed by atoms with Gasteiger partial charge in [-0.1, -0.05) is 6.07 Å². The number of hydrogen-bond donors (Lipinski definition) is 3. The summed E-state index contributed by atoms with van der Waals surface area (Å²) in [6, 6.07) is 2.26. The lowest BCUT2D eigenvalue weighted by atomic mass is 9.98. The fourth-order valence-electron chi connectivity index (χ4n) is 4.76. The maximum Gasteiger partial charge on any atom is 0.336 e. The Balaban J connectivity index is 1.26. The Kier molecular flexibility index (Phi) is 3.56. The number of nitrogens with one attached hydrogen (secondary N) is 2. The van der Waals surface area contributed by atoms with Crippen molar-refractivity contribution in [3.63, 3.8) is 0 Å². The number of rotatable bonds is 4. The molecule has 2 amide bonds. The molecule has 1 aromatic rings. The third kappa shape index (κ3) is 2.70. The average Bonchev–Trinajstić information content (AvgIpc) is 3.48. The van der Waals surface area contributed by atoms with Crippen molar-refractivity contribution in [2.75, 3.05) is 0 Å². The summed E-state index contributed by atoms with van der Waals surface area (Å²) in [4.78, 5) is 23.7. The van der Waals surface area contributed by atoms with Crippen LogP contribution in [-0.4, -0.2) is 34.2 Å². The number of carboxylic acid groups (broad SMARTS) is 1. The van der Waals surface area contributed by atoms with E-state index in [-0.39, 0.29) is 29.7 Å². The van der Waals surface area contributed by atoms with Crippen molar-refractivity contribution in [2.24, 2.45) is 17.8 Å². The molecule has 3 aliphatic carbocycles. The number of carbonyl (C=O) groups excluding carboxylic acids is 1. The van der Waals surface area contributed by atoms with E-state index in [9.17, 15) is 23.5 Å². The van der Waals surface area contributed by atoms with Crippen LogP contribution in [-0.2, 0) is 4.79 Å². The third-order valence-electron chi connectivity index (χ3n) is 6.24. The summed E-state index contributed by atoms with van der Waals surface area (Å²) in [6.07, 6.45) is 4.08. The summed E-state index contributed by atoms with van der Waals surface area (Å²) >= 11 is 0. The summed E-state index contributed by atoms with van der Waals surface area (Å²) in [7, 11) is 0. The molecule has 5 rings (SSSR count). The Morgan fingerprint density at radius 2 is 2.07 bits per heavy atom. The van der Waals surface area contributed by atoms with Crippen LogP contribution < -0.4 is 10.7 Å².